The van der Waals surface area contributed by atoms with Crippen LogP contribution >= 0.6 is 11.3 Å². The number of aryl methyl sites for hydroxylation is 2. The third-order valence-corrected chi connectivity index (χ3v) is 4.50. The Hall–Kier alpha value is -2.91. The number of fused-ring (bicyclic) bond motifs is 1. The van der Waals surface area contributed by atoms with Crippen LogP contribution in [-0.2, 0) is 18.4 Å². The summed E-state index contributed by atoms with van der Waals surface area (Å²) in [5.74, 6) is -0.290. The summed E-state index contributed by atoms with van der Waals surface area (Å²) in [7, 11) is 1.86. The zero-order chi connectivity index (χ0) is 16.9. The van der Waals surface area contributed by atoms with Crippen molar-refractivity contribution >= 4 is 34.2 Å². The molecule has 0 atom stereocenters. The molecule has 0 aliphatic rings. The molecule has 0 spiro atoms. The highest BCUT2D eigenvalue weighted by Gasteiger charge is 2.06. The predicted octanol–water partition coefficient (Wildman–Crippen LogP) is 3.10. The van der Waals surface area contributed by atoms with Gasteiger partial charge < -0.3 is 9.13 Å². The molecule has 0 aliphatic heterocycles. The standard InChI is InChI=1S/C18H16N4OS/c1-21-11-12-24-18(21)20-17(23)8-7-14-13-22(10-4-9-19)16-6-3-2-5-15(14)16/h2-3,5-8,11-13H,4,10H2,1H3/b8-7+,20-18?. The number of nitriles is 1. The van der Waals surface area contributed by atoms with Gasteiger partial charge in [0.15, 0.2) is 4.80 Å². The zero-order valence-electron chi connectivity index (χ0n) is 13.2. The van der Waals surface area contributed by atoms with Crippen molar-refractivity contribution in [2.45, 2.75) is 13.0 Å². The first-order valence-corrected chi connectivity index (χ1v) is 8.39. The minimum Gasteiger partial charge on any atom is -0.346 e. The second-order valence-corrected chi connectivity index (χ2v) is 6.16. The molecule has 0 saturated carbocycles. The SMILES string of the molecule is Cn1ccsc1=NC(=O)/C=C/c1cn(CCC#N)c2ccccc12. The average Bonchev–Trinajstić information content (AvgIpc) is 3.15. The molecule has 0 bridgehead atoms. The number of hydrogen-bond acceptors (Lipinski definition) is 3. The van der Waals surface area contributed by atoms with E-state index in [4.69, 9.17) is 5.26 Å². The number of nitrogens with zero attached hydrogens (tertiary/aromatic N) is 4. The highest BCUT2D eigenvalue weighted by Crippen LogP contribution is 2.22. The molecule has 0 fully saturated rings. The van der Waals surface area contributed by atoms with Crippen LogP contribution in [0.15, 0.2) is 53.1 Å². The van der Waals surface area contributed by atoms with Gasteiger partial charge in [-0.15, -0.1) is 11.3 Å². The van der Waals surface area contributed by atoms with E-state index in [2.05, 4.69) is 11.1 Å². The molecule has 0 radical (unpaired) electrons. The van der Waals surface area contributed by atoms with Gasteiger partial charge in [0.05, 0.1) is 12.5 Å². The van der Waals surface area contributed by atoms with Crippen molar-refractivity contribution < 1.29 is 4.79 Å². The molecular formula is C18H16N4OS. The lowest BCUT2D eigenvalue weighted by atomic mass is 10.1. The fourth-order valence-corrected chi connectivity index (χ4v) is 3.23. The van der Waals surface area contributed by atoms with Crippen molar-refractivity contribution in [2.24, 2.45) is 12.0 Å². The van der Waals surface area contributed by atoms with Gasteiger partial charge in [0, 0.05) is 53.9 Å². The quantitative estimate of drug-likeness (QED) is 0.687. The smallest absolute Gasteiger partial charge is 0.272 e. The Labute approximate surface area is 143 Å². The van der Waals surface area contributed by atoms with Crippen LogP contribution in [-0.4, -0.2) is 15.0 Å². The van der Waals surface area contributed by atoms with Gasteiger partial charge in [0.2, 0.25) is 0 Å². The largest absolute Gasteiger partial charge is 0.346 e. The topological polar surface area (TPSA) is 63.1 Å². The number of amides is 1. The summed E-state index contributed by atoms with van der Waals surface area (Å²) in [4.78, 5) is 16.8. The molecule has 1 amide bonds. The Morgan fingerprint density at radius 1 is 1.42 bits per heavy atom. The van der Waals surface area contributed by atoms with Gasteiger partial charge in [-0.2, -0.15) is 10.3 Å². The molecule has 2 heterocycles. The molecular weight excluding hydrogens is 320 g/mol. The molecule has 2 aromatic heterocycles. The molecule has 3 rings (SSSR count). The number of carbonyl (C=O) groups is 1. The Morgan fingerprint density at radius 2 is 2.25 bits per heavy atom. The first-order chi connectivity index (χ1) is 11.7. The number of benzene rings is 1. The molecule has 0 unspecified atom stereocenters. The average molecular weight is 336 g/mol. The van der Waals surface area contributed by atoms with E-state index in [0.717, 1.165) is 16.5 Å². The van der Waals surface area contributed by atoms with Crippen molar-refractivity contribution in [1.82, 2.24) is 9.13 Å². The van der Waals surface area contributed by atoms with E-state index >= 15 is 0 Å². The number of carbonyl (C=O) groups excluding carboxylic acids is 1. The molecule has 6 heteroatoms. The molecule has 0 aliphatic carbocycles. The first-order valence-electron chi connectivity index (χ1n) is 7.51. The fourth-order valence-electron chi connectivity index (χ4n) is 2.49. The van der Waals surface area contributed by atoms with Crippen LogP contribution < -0.4 is 4.80 Å². The van der Waals surface area contributed by atoms with Gasteiger partial charge in [-0.3, -0.25) is 4.79 Å². The van der Waals surface area contributed by atoms with Gasteiger partial charge in [-0.25, -0.2) is 0 Å². The number of hydrogen-bond donors (Lipinski definition) is 0. The predicted molar refractivity (Wildman–Crippen MR) is 95.1 cm³/mol. The number of aromatic nitrogens is 2. The van der Waals surface area contributed by atoms with Gasteiger partial charge >= 0.3 is 0 Å². The summed E-state index contributed by atoms with van der Waals surface area (Å²) in [5.41, 5.74) is 2.00. The van der Waals surface area contributed by atoms with E-state index in [-0.39, 0.29) is 5.91 Å². The highest BCUT2D eigenvalue weighted by atomic mass is 32.1. The van der Waals surface area contributed by atoms with Gasteiger partial charge in [-0.05, 0) is 12.1 Å². The second kappa shape index (κ2) is 7.11. The Morgan fingerprint density at radius 3 is 3.00 bits per heavy atom. The minimum atomic E-state index is -0.290. The van der Waals surface area contributed by atoms with Crippen molar-refractivity contribution in [3.8, 4) is 6.07 Å². The molecule has 0 saturated heterocycles. The second-order valence-electron chi connectivity index (χ2n) is 5.28. The minimum absolute atomic E-state index is 0.290. The van der Waals surface area contributed by atoms with Gasteiger partial charge in [0.25, 0.3) is 5.91 Å². The monoisotopic (exact) mass is 336 g/mol. The third kappa shape index (κ3) is 3.36. The maximum absolute atomic E-state index is 12.0. The van der Waals surface area contributed by atoms with E-state index in [9.17, 15) is 4.79 Å². The third-order valence-electron chi connectivity index (χ3n) is 3.65. The van der Waals surface area contributed by atoms with Crippen molar-refractivity contribution in [3.05, 3.63) is 58.5 Å². The lowest BCUT2D eigenvalue weighted by molar-refractivity contribution is -0.113. The number of para-hydroxylation sites is 1. The van der Waals surface area contributed by atoms with Crippen LogP contribution in [0.4, 0.5) is 0 Å². The lowest BCUT2D eigenvalue weighted by Crippen LogP contribution is -2.11. The van der Waals surface area contributed by atoms with Crippen LogP contribution in [0, 0.1) is 11.3 Å². The normalized spacial score (nSPS) is 12.1. The van der Waals surface area contributed by atoms with Crippen molar-refractivity contribution in [2.75, 3.05) is 0 Å². The lowest BCUT2D eigenvalue weighted by Gasteiger charge is -2.00. The molecule has 5 nitrogen and oxygen atoms in total. The summed E-state index contributed by atoms with van der Waals surface area (Å²) in [5, 5.41) is 11.7. The van der Waals surface area contributed by atoms with E-state index < -0.39 is 0 Å². The van der Waals surface area contributed by atoms with E-state index in [1.807, 2.05) is 58.2 Å². The molecule has 120 valence electrons. The summed E-state index contributed by atoms with van der Waals surface area (Å²) >= 11 is 1.42. The van der Waals surface area contributed by atoms with Crippen molar-refractivity contribution in [1.29, 1.82) is 5.26 Å². The first kappa shape index (κ1) is 16.0. The Balaban J connectivity index is 1.91. The molecule has 24 heavy (non-hydrogen) atoms. The molecule has 3 aromatic rings. The molecule has 0 N–H and O–H groups in total. The van der Waals surface area contributed by atoms with Crippen LogP contribution in [0.2, 0.25) is 0 Å². The van der Waals surface area contributed by atoms with Crippen molar-refractivity contribution in [3.63, 3.8) is 0 Å². The number of thiazole rings is 1. The van der Waals surface area contributed by atoms with Crippen LogP contribution in [0.25, 0.3) is 17.0 Å². The van der Waals surface area contributed by atoms with Crippen LogP contribution in [0.1, 0.15) is 12.0 Å². The maximum Gasteiger partial charge on any atom is 0.272 e. The van der Waals surface area contributed by atoms with Gasteiger partial charge in [0.1, 0.15) is 0 Å². The summed E-state index contributed by atoms with van der Waals surface area (Å²) in [6, 6.07) is 10.1. The number of rotatable bonds is 4. The van der Waals surface area contributed by atoms with E-state index in [0.29, 0.717) is 17.8 Å². The fraction of sp³-hybridized carbons (Fsp3) is 0.167. The van der Waals surface area contributed by atoms with Crippen LogP contribution in [0.5, 0.6) is 0 Å². The zero-order valence-corrected chi connectivity index (χ0v) is 14.0. The van der Waals surface area contributed by atoms with E-state index in [1.54, 1.807) is 6.08 Å². The maximum atomic E-state index is 12.0. The summed E-state index contributed by atoms with van der Waals surface area (Å²) in [6.45, 7) is 0.633. The highest BCUT2D eigenvalue weighted by molar-refractivity contribution is 7.07. The Kier molecular flexibility index (Phi) is 4.73. The summed E-state index contributed by atoms with van der Waals surface area (Å²) < 4.78 is 3.85. The summed E-state index contributed by atoms with van der Waals surface area (Å²) in [6.07, 6.45) is 7.55. The Bertz CT molecular complexity index is 1010. The molecule has 1 aromatic carbocycles. The van der Waals surface area contributed by atoms with Crippen LogP contribution in [0.3, 0.4) is 0 Å². The van der Waals surface area contributed by atoms with Gasteiger partial charge in [-0.1, -0.05) is 18.2 Å². The van der Waals surface area contributed by atoms with E-state index in [1.165, 1.54) is 17.4 Å².